The Kier molecular flexibility index (Phi) is 6.65. The third-order valence-electron chi connectivity index (χ3n) is 6.11. The highest BCUT2D eigenvalue weighted by molar-refractivity contribution is 6.09. The van der Waals surface area contributed by atoms with E-state index in [4.69, 9.17) is 20.6 Å². The van der Waals surface area contributed by atoms with Gasteiger partial charge in [-0.25, -0.2) is 9.78 Å². The lowest BCUT2D eigenvalue weighted by Crippen LogP contribution is -2.52. The van der Waals surface area contributed by atoms with Crippen molar-refractivity contribution >= 4 is 28.9 Å². The van der Waals surface area contributed by atoms with Gasteiger partial charge in [0.15, 0.2) is 0 Å². The summed E-state index contributed by atoms with van der Waals surface area (Å²) in [6, 6.07) is 6.35. The Morgan fingerprint density at radius 3 is 2.70 bits per heavy atom. The first-order valence-corrected chi connectivity index (χ1v) is 11.5. The zero-order chi connectivity index (χ0) is 23.6. The molecule has 1 amide bonds. The first-order valence-electron chi connectivity index (χ1n) is 11.5. The fourth-order valence-corrected chi connectivity index (χ4v) is 4.18. The molecule has 2 heterocycles. The van der Waals surface area contributed by atoms with Crippen molar-refractivity contribution in [3.05, 3.63) is 41.9 Å². The minimum atomic E-state index is -0.474. The van der Waals surface area contributed by atoms with Crippen LogP contribution in [0.25, 0.3) is 16.6 Å². The number of hydrogen-bond acceptors (Lipinski definition) is 7. The monoisotopic (exact) mass is 451 g/mol. The first kappa shape index (κ1) is 23.2. The van der Waals surface area contributed by atoms with Crippen molar-refractivity contribution in [3.63, 3.8) is 0 Å². The van der Waals surface area contributed by atoms with E-state index in [9.17, 15) is 4.79 Å². The van der Waals surface area contributed by atoms with Crippen molar-refractivity contribution in [1.82, 2.24) is 14.9 Å². The molecule has 2 aromatic rings. The molecule has 33 heavy (non-hydrogen) atoms. The topological polar surface area (TPSA) is 114 Å². The zero-order valence-electron chi connectivity index (χ0n) is 19.6. The maximum atomic E-state index is 12.1. The van der Waals surface area contributed by atoms with Crippen LogP contribution in [-0.4, -0.2) is 63.6 Å². The zero-order valence-corrected chi connectivity index (χ0v) is 19.6. The Labute approximate surface area is 194 Å². The van der Waals surface area contributed by atoms with E-state index in [1.54, 1.807) is 17.3 Å². The molecule has 3 N–H and O–H groups in total. The minimum absolute atomic E-state index is 0.226. The lowest BCUT2D eigenvalue weighted by atomic mass is 9.81. The summed E-state index contributed by atoms with van der Waals surface area (Å²) < 4.78 is 5.43. The van der Waals surface area contributed by atoms with Crippen LogP contribution in [0.5, 0.6) is 0 Å². The Morgan fingerprint density at radius 2 is 2.03 bits per heavy atom. The number of rotatable bonds is 6. The van der Waals surface area contributed by atoms with E-state index in [0.717, 1.165) is 35.9 Å². The number of carbonyl (C=O) groups excluding carboxylic acids is 1. The van der Waals surface area contributed by atoms with Gasteiger partial charge in [-0.1, -0.05) is 6.07 Å². The molecule has 8 nitrogen and oxygen atoms in total. The number of fused-ring (bicyclic) bond motifs is 1. The Balaban J connectivity index is 1.38. The molecule has 176 valence electrons. The van der Waals surface area contributed by atoms with Gasteiger partial charge in [-0.2, -0.15) is 0 Å². The smallest absolute Gasteiger partial charge is 0.410 e. The molecule has 0 bridgehead atoms. The van der Waals surface area contributed by atoms with Crippen molar-refractivity contribution < 1.29 is 14.6 Å². The number of aliphatic imine (C=N–C) groups is 1. The molecule has 1 aliphatic carbocycles. The van der Waals surface area contributed by atoms with Crippen LogP contribution in [0.3, 0.4) is 0 Å². The second-order valence-electron chi connectivity index (χ2n) is 10.1. The number of likely N-dealkylation sites (tertiary alicyclic amines) is 1. The summed E-state index contributed by atoms with van der Waals surface area (Å²) in [6.45, 7) is 7.27. The SMILES string of the molecule is CC(C)(C)OC(=O)N1CC(Cc2ccc3ncc(C(C=NC4CC(CO)C4)=CN)nc3c2)C1. The predicted octanol–water partition coefficient (Wildman–Crippen LogP) is 3.18. The Hall–Kier alpha value is -3.00. The normalized spacial score (nSPS) is 21.8. The van der Waals surface area contributed by atoms with Crippen molar-refractivity contribution in [2.45, 2.75) is 51.7 Å². The largest absolute Gasteiger partial charge is 0.444 e. The van der Waals surface area contributed by atoms with Crippen LogP contribution in [0.15, 0.2) is 35.6 Å². The summed E-state index contributed by atoms with van der Waals surface area (Å²) in [4.78, 5) is 27.8. The van der Waals surface area contributed by atoms with Crippen LogP contribution in [-0.2, 0) is 11.2 Å². The van der Waals surface area contributed by atoms with Crippen molar-refractivity contribution in [1.29, 1.82) is 0 Å². The number of nitrogens with zero attached hydrogens (tertiary/aromatic N) is 4. The average molecular weight is 452 g/mol. The van der Waals surface area contributed by atoms with Crippen molar-refractivity contribution in [2.75, 3.05) is 19.7 Å². The van der Waals surface area contributed by atoms with Gasteiger partial charge < -0.3 is 20.5 Å². The standard InChI is InChI=1S/C25H33N5O3/c1-25(2,3)33-24(32)30-13-18(14-30)6-16-4-5-21-22(9-16)29-23(12-28-21)19(10-26)11-27-20-7-17(8-20)15-31/h4-5,9-12,17-18,20,31H,6-8,13-15,26H2,1-3H3. The van der Waals surface area contributed by atoms with Crippen molar-refractivity contribution in [3.8, 4) is 0 Å². The third-order valence-corrected chi connectivity index (χ3v) is 6.11. The van der Waals surface area contributed by atoms with Gasteiger partial charge in [0.25, 0.3) is 0 Å². The average Bonchev–Trinajstić information content (AvgIpc) is 2.70. The number of hydrogen-bond donors (Lipinski definition) is 2. The first-order chi connectivity index (χ1) is 15.7. The maximum Gasteiger partial charge on any atom is 0.410 e. The van der Waals surface area contributed by atoms with Crippen LogP contribution in [0.4, 0.5) is 4.79 Å². The van der Waals surface area contributed by atoms with E-state index in [0.29, 0.717) is 30.6 Å². The molecule has 2 fully saturated rings. The third kappa shape index (κ3) is 5.68. The molecule has 0 unspecified atom stereocenters. The highest BCUT2D eigenvalue weighted by Crippen LogP contribution is 2.30. The molecular weight excluding hydrogens is 418 g/mol. The Bertz CT molecular complexity index is 1060. The molecule has 1 aliphatic heterocycles. The van der Waals surface area contributed by atoms with E-state index in [2.05, 4.69) is 22.1 Å². The molecule has 1 saturated heterocycles. The van der Waals surface area contributed by atoms with Crippen LogP contribution >= 0.6 is 0 Å². The number of benzene rings is 1. The van der Waals surface area contributed by atoms with Gasteiger partial charge in [0.1, 0.15) is 5.60 Å². The number of aliphatic hydroxyl groups excluding tert-OH is 1. The van der Waals surface area contributed by atoms with E-state index in [1.165, 1.54) is 11.8 Å². The molecule has 4 rings (SSSR count). The summed E-state index contributed by atoms with van der Waals surface area (Å²) >= 11 is 0. The molecule has 1 saturated carbocycles. The van der Waals surface area contributed by atoms with E-state index in [1.807, 2.05) is 26.8 Å². The molecule has 1 aromatic carbocycles. The second-order valence-corrected chi connectivity index (χ2v) is 10.1. The van der Waals surface area contributed by atoms with Gasteiger partial charge >= 0.3 is 6.09 Å². The van der Waals surface area contributed by atoms with E-state index < -0.39 is 5.60 Å². The molecule has 2 aliphatic rings. The number of nitrogens with two attached hydrogens (primary N) is 1. The molecule has 0 atom stereocenters. The summed E-state index contributed by atoms with van der Waals surface area (Å²) in [7, 11) is 0. The van der Waals surface area contributed by atoms with Gasteiger partial charge in [-0.15, -0.1) is 0 Å². The number of amides is 1. The van der Waals surface area contributed by atoms with E-state index in [-0.39, 0.29) is 18.7 Å². The highest BCUT2D eigenvalue weighted by Gasteiger charge is 2.33. The van der Waals surface area contributed by atoms with Crippen molar-refractivity contribution in [2.24, 2.45) is 22.6 Å². The summed E-state index contributed by atoms with van der Waals surface area (Å²) in [5.41, 5.74) is 9.58. The number of aliphatic hydroxyl groups is 1. The quantitative estimate of drug-likeness (QED) is 0.652. The number of allylic oxidation sites excluding steroid dienone is 1. The van der Waals surface area contributed by atoms with Gasteiger partial charge in [-0.05, 0) is 69.6 Å². The van der Waals surface area contributed by atoms with Gasteiger partial charge in [0.2, 0.25) is 0 Å². The lowest BCUT2D eigenvalue weighted by Gasteiger charge is -2.39. The maximum absolute atomic E-state index is 12.1. The highest BCUT2D eigenvalue weighted by atomic mass is 16.6. The summed E-state index contributed by atoms with van der Waals surface area (Å²) in [5.74, 6) is 0.770. The summed E-state index contributed by atoms with van der Waals surface area (Å²) in [6.07, 6.45) is 7.42. The molecular formula is C25H33N5O3. The Morgan fingerprint density at radius 1 is 1.27 bits per heavy atom. The van der Waals surface area contributed by atoms with Gasteiger partial charge in [0, 0.05) is 37.7 Å². The predicted molar refractivity (Wildman–Crippen MR) is 129 cm³/mol. The molecule has 0 spiro atoms. The number of ether oxygens (including phenoxy) is 1. The fourth-order valence-electron chi connectivity index (χ4n) is 4.18. The lowest BCUT2D eigenvalue weighted by molar-refractivity contribution is -0.000878. The fraction of sp³-hybridized carbons (Fsp3) is 0.520. The van der Waals surface area contributed by atoms with Crippen LogP contribution < -0.4 is 5.73 Å². The second kappa shape index (κ2) is 9.47. The summed E-state index contributed by atoms with van der Waals surface area (Å²) in [5, 5.41) is 9.16. The molecule has 0 radical (unpaired) electrons. The molecule has 8 heteroatoms. The molecule has 1 aromatic heterocycles. The number of aromatic nitrogens is 2. The van der Waals surface area contributed by atoms with Gasteiger partial charge in [0.05, 0.1) is 29.0 Å². The minimum Gasteiger partial charge on any atom is -0.444 e. The number of carbonyl (C=O) groups is 1. The van der Waals surface area contributed by atoms with Crippen LogP contribution in [0, 0.1) is 11.8 Å². The van der Waals surface area contributed by atoms with Crippen LogP contribution in [0.1, 0.15) is 44.9 Å². The van der Waals surface area contributed by atoms with Crippen LogP contribution in [0.2, 0.25) is 0 Å². The van der Waals surface area contributed by atoms with E-state index >= 15 is 0 Å². The van der Waals surface area contributed by atoms with Gasteiger partial charge in [-0.3, -0.25) is 9.98 Å².